The Bertz CT molecular complexity index is 1370. The third kappa shape index (κ3) is 4.25. The number of H-pyrrole nitrogens is 2. The second kappa shape index (κ2) is 8.75. The molecule has 0 amide bonds. The third-order valence-corrected chi connectivity index (χ3v) is 7.02. The maximum absolute atomic E-state index is 4.81. The van der Waals surface area contributed by atoms with Crippen molar-refractivity contribution in [1.82, 2.24) is 30.6 Å². The molecule has 4 atom stereocenters. The molecule has 0 radical (unpaired) electrons. The van der Waals surface area contributed by atoms with Gasteiger partial charge in [-0.3, -0.25) is 0 Å². The van der Waals surface area contributed by atoms with Crippen molar-refractivity contribution in [3.8, 4) is 23.0 Å². The molecule has 0 bridgehead atoms. The zero-order valence-corrected chi connectivity index (χ0v) is 19.7. The Labute approximate surface area is 200 Å². The van der Waals surface area contributed by atoms with Crippen LogP contribution in [0.5, 0.6) is 0 Å². The van der Waals surface area contributed by atoms with Crippen LogP contribution in [0.2, 0.25) is 0 Å². The Morgan fingerprint density at radius 3 is 2.21 bits per heavy atom. The predicted molar refractivity (Wildman–Crippen MR) is 135 cm³/mol. The molecule has 4 unspecified atom stereocenters. The fourth-order valence-corrected chi connectivity index (χ4v) is 5.08. The molecule has 2 aliphatic heterocycles. The van der Waals surface area contributed by atoms with Gasteiger partial charge in [-0.05, 0) is 79.1 Å². The summed E-state index contributed by atoms with van der Waals surface area (Å²) in [6.45, 7) is 6.65. The SMILES string of the molecule is CC1CNC(c2ncc(C#Cc3ccc(-c4ccc5nc(C6CC(C)CN6)[nH]c5c4)cc3)[nH]2)C1. The van der Waals surface area contributed by atoms with E-state index in [0.717, 1.165) is 59.9 Å². The molecule has 34 heavy (non-hydrogen) atoms. The Kier molecular flexibility index (Phi) is 5.44. The van der Waals surface area contributed by atoms with Crippen molar-refractivity contribution in [2.45, 2.75) is 38.8 Å². The molecule has 2 aromatic carbocycles. The summed E-state index contributed by atoms with van der Waals surface area (Å²) >= 11 is 0. The topological polar surface area (TPSA) is 81.4 Å². The maximum atomic E-state index is 4.81. The van der Waals surface area contributed by atoms with E-state index in [2.05, 4.69) is 93.7 Å². The van der Waals surface area contributed by atoms with Crippen molar-refractivity contribution in [2.24, 2.45) is 11.8 Å². The quantitative estimate of drug-likeness (QED) is 0.341. The summed E-state index contributed by atoms with van der Waals surface area (Å²) in [4.78, 5) is 16.2. The number of rotatable bonds is 3. The molecular formula is C28H30N6. The number of hydrogen-bond donors (Lipinski definition) is 4. The highest BCUT2D eigenvalue weighted by molar-refractivity contribution is 5.82. The minimum absolute atomic E-state index is 0.311. The van der Waals surface area contributed by atoms with Gasteiger partial charge in [0.1, 0.15) is 17.3 Å². The normalized spacial score (nSPS) is 24.4. The van der Waals surface area contributed by atoms with Gasteiger partial charge < -0.3 is 20.6 Å². The summed E-state index contributed by atoms with van der Waals surface area (Å²) < 4.78 is 0. The fourth-order valence-electron chi connectivity index (χ4n) is 5.08. The second-order valence-electron chi connectivity index (χ2n) is 9.97. The Balaban J connectivity index is 1.17. The van der Waals surface area contributed by atoms with E-state index in [9.17, 15) is 0 Å². The van der Waals surface area contributed by atoms with E-state index in [4.69, 9.17) is 4.98 Å². The lowest BCUT2D eigenvalue weighted by molar-refractivity contribution is 0.587. The van der Waals surface area contributed by atoms with Crippen LogP contribution in [0.25, 0.3) is 22.2 Å². The van der Waals surface area contributed by atoms with Crippen LogP contribution in [-0.4, -0.2) is 33.0 Å². The van der Waals surface area contributed by atoms with Crippen LogP contribution in [-0.2, 0) is 0 Å². The van der Waals surface area contributed by atoms with Gasteiger partial charge in [0, 0.05) is 5.56 Å². The number of aromatic nitrogens is 4. The molecule has 0 saturated carbocycles. The van der Waals surface area contributed by atoms with Crippen molar-refractivity contribution in [1.29, 1.82) is 0 Å². The lowest BCUT2D eigenvalue weighted by atomic mass is 10.0. The van der Waals surface area contributed by atoms with Crippen molar-refractivity contribution in [3.63, 3.8) is 0 Å². The van der Waals surface area contributed by atoms with Crippen LogP contribution >= 0.6 is 0 Å². The molecule has 0 spiro atoms. The smallest absolute Gasteiger partial charge is 0.124 e. The number of imidazole rings is 2. The van der Waals surface area contributed by atoms with Gasteiger partial charge in [0.25, 0.3) is 0 Å². The van der Waals surface area contributed by atoms with Crippen molar-refractivity contribution >= 4 is 11.0 Å². The molecule has 2 aromatic heterocycles. The van der Waals surface area contributed by atoms with E-state index < -0.39 is 0 Å². The summed E-state index contributed by atoms with van der Waals surface area (Å²) in [6.07, 6.45) is 4.08. The number of aromatic amines is 2. The summed E-state index contributed by atoms with van der Waals surface area (Å²) in [7, 11) is 0. The highest BCUT2D eigenvalue weighted by Gasteiger charge is 2.25. The number of nitrogens with one attached hydrogen (secondary N) is 4. The van der Waals surface area contributed by atoms with E-state index in [1.165, 1.54) is 11.1 Å². The van der Waals surface area contributed by atoms with E-state index in [-0.39, 0.29) is 0 Å². The first-order chi connectivity index (χ1) is 16.6. The van der Waals surface area contributed by atoms with Crippen LogP contribution in [0.1, 0.15) is 61.7 Å². The molecule has 4 heterocycles. The number of fused-ring (bicyclic) bond motifs is 1. The van der Waals surface area contributed by atoms with Crippen LogP contribution in [0.3, 0.4) is 0 Å². The maximum Gasteiger partial charge on any atom is 0.124 e. The number of benzene rings is 2. The van der Waals surface area contributed by atoms with Crippen molar-refractivity contribution in [2.75, 3.05) is 13.1 Å². The lowest BCUT2D eigenvalue weighted by Gasteiger charge is -2.05. The summed E-state index contributed by atoms with van der Waals surface area (Å²) in [5.74, 6) is 9.88. The van der Waals surface area contributed by atoms with E-state index in [1.54, 1.807) is 0 Å². The molecule has 4 N–H and O–H groups in total. The summed E-state index contributed by atoms with van der Waals surface area (Å²) in [6, 6.07) is 15.5. The molecule has 172 valence electrons. The third-order valence-electron chi connectivity index (χ3n) is 7.02. The Morgan fingerprint density at radius 1 is 0.794 bits per heavy atom. The highest BCUT2D eigenvalue weighted by atomic mass is 15.1. The standard InChI is InChI=1S/C28H30N6/c1-17-11-25(29-14-17)27-31-16-22(32-27)9-5-19-3-6-20(7-4-19)21-8-10-23-24(13-21)34-28(33-23)26-12-18(2)15-30-26/h3-4,6-8,10,13,16-18,25-26,29-30H,11-12,14-15H2,1-2H3,(H,31,32)(H,33,34). The van der Waals surface area contributed by atoms with Crippen LogP contribution in [0.4, 0.5) is 0 Å². The van der Waals surface area contributed by atoms with Gasteiger partial charge in [-0.25, -0.2) is 9.97 Å². The van der Waals surface area contributed by atoms with Gasteiger partial charge in [0.05, 0.1) is 29.3 Å². The first-order valence-electron chi connectivity index (χ1n) is 12.2. The van der Waals surface area contributed by atoms with E-state index in [1.807, 2.05) is 6.20 Å². The monoisotopic (exact) mass is 450 g/mol. The largest absolute Gasteiger partial charge is 0.341 e. The molecule has 6 rings (SSSR count). The molecule has 2 fully saturated rings. The van der Waals surface area contributed by atoms with Gasteiger partial charge >= 0.3 is 0 Å². The zero-order chi connectivity index (χ0) is 23.1. The zero-order valence-electron chi connectivity index (χ0n) is 19.7. The molecule has 0 aliphatic carbocycles. The lowest BCUT2D eigenvalue weighted by Crippen LogP contribution is -2.14. The molecule has 2 saturated heterocycles. The van der Waals surface area contributed by atoms with Gasteiger partial charge in [-0.15, -0.1) is 0 Å². The minimum Gasteiger partial charge on any atom is -0.341 e. The molecule has 6 heteroatoms. The summed E-state index contributed by atoms with van der Waals surface area (Å²) in [5, 5.41) is 7.07. The highest BCUT2D eigenvalue weighted by Crippen LogP contribution is 2.29. The average molecular weight is 451 g/mol. The van der Waals surface area contributed by atoms with Crippen molar-refractivity contribution < 1.29 is 0 Å². The predicted octanol–water partition coefficient (Wildman–Crippen LogP) is 4.69. The van der Waals surface area contributed by atoms with Gasteiger partial charge in [0.15, 0.2) is 0 Å². The molecule has 2 aliphatic rings. The number of nitrogens with zero attached hydrogens (tertiary/aromatic N) is 2. The van der Waals surface area contributed by atoms with Crippen molar-refractivity contribution in [3.05, 3.63) is 71.6 Å². The van der Waals surface area contributed by atoms with Gasteiger partial charge in [-0.1, -0.05) is 38.0 Å². The molecular weight excluding hydrogens is 420 g/mol. The van der Waals surface area contributed by atoms with E-state index in [0.29, 0.717) is 23.9 Å². The Morgan fingerprint density at radius 2 is 1.50 bits per heavy atom. The molecule has 6 nitrogen and oxygen atoms in total. The van der Waals surface area contributed by atoms with Crippen LogP contribution in [0, 0.1) is 23.7 Å². The van der Waals surface area contributed by atoms with Gasteiger partial charge in [0.2, 0.25) is 0 Å². The van der Waals surface area contributed by atoms with E-state index >= 15 is 0 Å². The average Bonchev–Trinajstić information content (AvgIpc) is 3.64. The first-order valence-corrected chi connectivity index (χ1v) is 12.2. The first kappa shape index (κ1) is 21.2. The minimum atomic E-state index is 0.311. The fraction of sp³-hybridized carbons (Fsp3) is 0.357. The Hall–Kier alpha value is -3.40. The second-order valence-corrected chi connectivity index (χ2v) is 9.97. The van der Waals surface area contributed by atoms with Crippen LogP contribution in [0.15, 0.2) is 48.7 Å². The van der Waals surface area contributed by atoms with Crippen LogP contribution < -0.4 is 10.6 Å². The van der Waals surface area contributed by atoms with Gasteiger partial charge in [-0.2, -0.15) is 0 Å². The summed E-state index contributed by atoms with van der Waals surface area (Å²) in [5.41, 5.74) is 6.28. The number of hydrogen-bond acceptors (Lipinski definition) is 4. The molecule has 4 aromatic rings.